The van der Waals surface area contributed by atoms with Gasteiger partial charge in [-0.3, -0.25) is 14.5 Å². The molecule has 0 bridgehead atoms. The molecule has 7 nitrogen and oxygen atoms in total. The lowest BCUT2D eigenvalue weighted by molar-refractivity contribution is -0.142. The molecule has 0 rings (SSSR count). The van der Waals surface area contributed by atoms with Crippen molar-refractivity contribution in [2.45, 2.75) is 6.23 Å². The minimum absolute atomic E-state index is 0.182. The number of aliphatic carboxylic acids is 2. The van der Waals surface area contributed by atoms with E-state index in [0.29, 0.717) is 0 Å². The van der Waals surface area contributed by atoms with E-state index in [1.165, 1.54) is 0 Å². The highest BCUT2D eigenvalue weighted by Crippen LogP contribution is 1.89. The third kappa shape index (κ3) is 7.19. The van der Waals surface area contributed by atoms with Crippen LogP contribution in [0.3, 0.4) is 0 Å². The summed E-state index contributed by atoms with van der Waals surface area (Å²) in [4.78, 5) is 21.5. The second kappa shape index (κ2) is 5.46. The summed E-state index contributed by atoms with van der Waals surface area (Å²) >= 11 is 0. The molecule has 0 spiro atoms. The Morgan fingerprint density at radius 3 is 1.85 bits per heavy atom. The molecule has 0 aromatic rings. The Labute approximate surface area is 74.4 Å². The van der Waals surface area contributed by atoms with Crippen LogP contribution in [0.1, 0.15) is 0 Å². The largest absolute Gasteiger partial charge is 0.480 e. The average Bonchev–Trinajstić information content (AvgIpc) is 1.80. The van der Waals surface area contributed by atoms with Gasteiger partial charge >= 0.3 is 11.9 Å². The van der Waals surface area contributed by atoms with Crippen LogP contribution in [0.4, 0.5) is 0 Å². The smallest absolute Gasteiger partial charge is 0.317 e. The predicted octanol–water partition coefficient (Wildman–Crippen LogP) is -2.27. The Bertz CT molecular complexity index is 177. The van der Waals surface area contributed by atoms with Gasteiger partial charge in [-0.2, -0.15) is 0 Å². The molecule has 0 aromatic carbocycles. The maximum atomic E-state index is 10.2. The number of aliphatic hydroxyl groups is 1. The van der Waals surface area contributed by atoms with E-state index in [2.05, 4.69) is 0 Å². The summed E-state index contributed by atoms with van der Waals surface area (Å²) in [6, 6.07) is 0. The number of aliphatic hydroxyl groups excluding tert-OH is 1. The van der Waals surface area contributed by atoms with Gasteiger partial charge in [-0.25, -0.2) is 0 Å². The lowest BCUT2D eigenvalue weighted by atomic mass is 10.4. The summed E-state index contributed by atoms with van der Waals surface area (Å²) in [5, 5.41) is 25.4. The van der Waals surface area contributed by atoms with Crippen LogP contribution in [0.25, 0.3) is 0 Å². The molecule has 1 atom stereocenters. The van der Waals surface area contributed by atoms with Crippen molar-refractivity contribution < 1.29 is 24.9 Å². The van der Waals surface area contributed by atoms with Gasteiger partial charge in [-0.1, -0.05) is 0 Å². The van der Waals surface area contributed by atoms with Crippen LogP contribution < -0.4 is 5.73 Å². The van der Waals surface area contributed by atoms with Gasteiger partial charge in [0.1, 0.15) is 6.23 Å². The molecule has 0 aliphatic carbocycles. The SMILES string of the molecule is NC(O)CN(CC(=O)O)CC(=O)O. The van der Waals surface area contributed by atoms with Crippen molar-refractivity contribution in [3.63, 3.8) is 0 Å². The number of nitrogens with two attached hydrogens (primary N) is 1. The normalized spacial score (nSPS) is 12.8. The van der Waals surface area contributed by atoms with Crippen molar-refractivity contribution in [3.8, 4) is 0 Å². The lowest BCUT2D eigenvalue weighted by Crippen LogP contribution is -2.42. The summed E-state index contributed by atoms with van der Waals surface area (Å²) in [5.74, 6) is -2.33. The number of nitrogens with zero attached hydrogens (tertiary/aromatic N) is 1. The van der Waals surface area contributed by atoms with Crippen molar-refractivity contribution in [2.24, 2.45) is 5.73 Å². The molecule has 76 valence electrons. The maximum Gasteiger partial charge on any atom is 0.317 e. The third-order valence-electron chi connectivity index (χ3n) is 1.16. The van der Waals surface area contributed by atoms with Gasteiger partial charge in [0.15, 0.2) is 0 Å². The van der Waals surface area contributed by atoms with Gasteiger partial charge < -0.3 is 21.1 Å². The second-order valence-corrected chi connectivity index (χ2v) is 2.52. The van der Waals surface area contributed by atoms with Crippen molar-refractivity contribution >= 4 is 11.9 Å². The number of hydrogen-bond acceptors (Lipinski definition) is 5. The molecule has 0 heterocycles. The van der Waals surface area contributed by atoms with Gasteiger partial charge in [0, 0.05) is 6.54 Å². The zero-order chi connectivity index (χ0) is 10.4. The molecule has 13 heavy (non-hydrogen) atoms. The van der Waals surface area contributed by atoms with Crippen molar-refractivity contribution in [3.05, 3.63) is 0 Å². The first-order valence-corrected chi connectivity index (χ1v) is 3.51. The Hall–Kier alpha value is -1.18. The fourth-order valence-electron chi connectivity index (χ4n) is 0.832. The van der Waals surface area contributed by atoms with Crippen molar-refractivity contribution in [1.82, 2.24) is 4.90 Å². The molecule has 5 N–H and O–H groups in total. The molecular formula is C6H12N2O5. The van der Waals surface area contributed by atoms with Crippen LogP contribution in [-0.2, 0) is 9.59 Å². The van der Waals surface area contributed by atoms with Crippen LogP contribution in [0, 0.1) is 0 Å². The monoisotopic (exact) mass is 192 g/mol. The molecule has 0 radical (unpaired) electrons. The predicted molar refractivity (Wildman–Crippen MR) is 41.9 cm³/mol. The Morgan fingerprint density at radius 1 is 1.23 bits per heavy atom. The van der Waals surface area contributed by atoms with E-state index in [4.69, 9.17) is 21.1 Å². The topological polar surface area (TPSA) is 124 Å². The molecule has 1 unspecified atom stereocenters. The highest BCUT2D eigenvalue weighted by molar-refractivity contribution is 5.72. The fourth-order valence-corrected chi connectivity index (χ4v) is 0.832. The first-order chi connectivity index (χ1) is 5.91. The molecule has 0 fully saturated rings. The number of hydrogen-bond donors (Lipinski definition) is 4. The average molecular weight is 192 g/mol. The Balaban J connectivity index is 4.02. The van der Waals surface area contributed by atoms with Gasteiger partial charge in [-0.15, -0.1) is 0 Å². The minimum Gasteiger partial charge on any atom is -0.480 e. The first-order valence-electron chi connectivity index (χ1n) is 3.51. The summed E-state index contributed by atoms with van der Waals surface area (Å²) < 4.78 is 0. The molecule has 0 saturated carbocycles. The molecule has 0 aliphatic heterocycles. The standard InChI is InChI=1S/C6H12N2O5/c7-4(9)1-8(2-5(10)11)3-6(12)13/h4,9H,1-3,7H2,(H,10,11)(H,12,13). The quantitative estimate of drug-likeness (QED) is 0.350. The van der Waals surface area contributed by atoms with E-state index < -0.39 is 31.3 Å². The van der Waals surface area contributed by atoms with Gasteiger partial charge in [0.2, 0.25) is 0 Å². The Kier molecular flexibility index (Phi) is 4.97. The molecule has 0 saturated heterocycles. The van der Waals surface area contributed by atoms with Crippen molar-refractivity contribution in [1.29, 1.82) is 0 Å². The molecule has 0 amide bonds. The van der Waals surface area contributed by atoms with Gasteiger partial charge in [0.25, 0.3) is 0 Å². The van der Waals surface area contributed by atoms with E-state index in [9.17, 15) is 9.59 Å². The summed E-state index contributed by atoms with van der Waals surface area (Å²) in [5.41, 5.74) is 4.97. The number of carboxylic acid groups (broad SMARTS) is 2. The number of carboxylic acids is 2. The van der Waals surface area contributed by atoms with E-state index in [0.717, 1.165) is 4.90 Å². The number of carbonyl (C=O) groups is 2. The third-order valence-corrected chi connectivity index (χ3v) is 1.16. The summed E-state index contributed by atoms with van der Waals surface area (Å²) in [6.45, 7) is -1.10. The molecule has 0 aromatic heterocycles. The highest BCUT2D eigenvalue weighted by Gasteiger charge is 2.14. The van der Waals surface area contributed by atoms with Crippen LogP contribution in [0.2, 0.25) is 0 Å². The molecule has 0 aliphatic rings. The first kappa shape index (κ1) is 11.8. The van der Waals surface area contributed by atoms with Crippen LogP contribution in [0.15, 0.2) is 0 Å². The zero-order valence-electron chi connectivity index (χ0n) is 6.88. The van der Waals surface area contributed by atoms with E-state index >= 15 is 0 Å². The number of rotatable bonds is 6. The second-order valence-electron chi connectivity index (χ2n) is 2.52. The van der Waals surface area contributed by atoms with E-state index in [1.54, 1.807) is 0 Å². The van der Waals surface area contributed by atoms with E-state index in [1.807, 2.05) is 0 Å². The maximum absolute atomic E-state index is 10.2. The van der Waals surface area contributed by atoms with Crippen LogP contribution >= 0.6 is 0 Å². The van der Waals surface area contributed by atoms with Crippen LogP contribution in [0.5, 0.6) is 0 Å². The zero-order valence-corrected chi connectivity index (χ0v) is 6.88. The molecular weight excluding hydrogens is 180 g/mol. The Morgan fingerprint density at radius 2 is 1.62 bits per heavy atom. The lowest BCUT2D eigenvalue weighted by Gasteiger charge is -2.18. The minimum atomic E-state index is -1.24. The summed E-state index contributed by atoms with van der Waals surface area (Å²) in [7, 11) is 0. The van der Waals surface area contributed by atoms with E-state index in [-0.39, 0.29) is 6.54 Å². The van der Waals surface area contributed by atoms with Crippen LogP contribution in [-0.4, -0.2) is 58.0 Å². The fraction of sp³-hybridized carbons (Fsp3) is 0.667. The van der Waals surface area contributed by atoms with Crippen molar-refractivity contribution in [2.75, 3.05) is 19.6 Å². The molecule has 7 heteroatoms. The van der Waals surface area contributed by atoms with Gasteiger partial charge in [-0.05, 0) is 0 Å². The van der Waals surface area contributed by atoms with Gasteiger partial charge in [0.05, 0.1) is 13.1 Å². The summed E-state index contributed by atoms with van der Waals surface area (Å²) in [6.07, 6.45) is -1.24. The highest BCUT2D eigenvalue weighted by atomic mass is 16.4.